The zero-order valence-corrected chi connectivity index (χ0v) is 18.8. The molecule has 0 bridgehead atoms. The molecule has 4 heterocycles. The zero-order chi connectivity index (χ0) is 24.4. The van der Waals surface area contributed by atoms with Crippen molar-refractivity contribution in [3.8, 4) is 6.01 Å². The predicted molar refractivity (Wildman–Crippen MR) is 109 cm³/mol. The Hall–Kier alpha value is -2.74. The molecule has 0 radical (unpaired) electrons. The summed E-state index contributed by atoms with van der Waals surface area (Å²) in [6, 6.07) is 2.12. The predicted octanol–water partition coefficient (Wildman–Crippen LogP) is 1.22. The Morgan fingerprint density at radius 3 is 2.58 bits per heavy atom. The number of ether oxygens (including phenoxy) is 1. The minimum Gasteiger partial charge on any atom is -0.475 e. The fourth-order valence-corrected chi connectivity index (χ4v) is 6.47. The van der Waals surface area contributed by atoms with Gasteiger partial charge in [0.15, 0.2) is 9.84 Å². The number of carboxylic acids is 1. The van der Waals surface area contributed by atoms with E-state index in [2.05, 4.69) is 20.0 Å². The van der Waals surface area contributed by atoms with Crippen molar-refractivity contribution < 1.29 is 36.2 Å². The molecule has 4 rings (SSSR count). The van der Waals surface area contributed by atoms with Crippen LogP contribution in [0.2, 0.25) is 0 Å². The second-order valence-electron chi connectivity index (χ2n) is 8.13. The average molecular weight is 491 g/mol. The molecule has 2 saturated heterocycles. The first-order valence-electron chi connectivity index (χ1n) is 9.97. The number of rotatable bonds is 5. The molecular weight excluding hydrogens is 467 g/mol. The van der Waals surface area contributed by atoms with Gasteiger partial charge in [0.05, 0.1) is 18.6 Å². The molecule has 2 aromatic rings. The van der Waals surface area contributed by atoms with Crippen LogP contribution < -0.4 is 4.74 Å². The first-order valence-corrected chi connectivity index (χ1v) is 11.6. The van der Waals surface area contributed by atoms with Crippen LogP contribution in [0.4, 0.5) is 13.2 Å². The SMILES string of the molecule is Cc1ccnc(OCC2CCS(=O)(=O)C23CN(Cc2cnn(C)c2)C3)n1.O=C(O)C(F)(F)F. The van der Waals surface area contributed by atoms with Gasteiger partial charge in [0.2, 0.25) is 0 Å². The van der Waals surface area contributed by atoms with Gasteiger partial charge in [-0.15, -0.1) is 0 Å². The van der Waals surface area contributed by atoms with Crippen molar-refractivity contribution in [2.75, 3.05) is 25.4 Å². The number of sulfone groups is 1. The number of aryl methyl sites for hydroxylation is 2. The number of carboxylic acid groups (broad SMARTS) is 1. The maximum absolute atomic E-state index is 12.7. The van der Waals surface area contributed by atoms with Crippen molar-refractivity contribution >= 4 is 15.8 Å². The summed E-state index contributed by atoms with van der Waals surface area (Å²) in [4.78, 5) is 19.4. The van der Waals surface area contributed by atoms with E-state index in [-0.39, 0.29) is 11.7 Å². The van der Waals surface area contributed by atoms with E-state index in [4.69, 9.17) is 14.6 Å². The van der Waals surface area contributed by atoms with Crippen LogP contribution >= 0.6 is 0 Å². The highest BCUT2D eigenvalue weighted by molar-refractivity contribution is 7.93. The number of hydrogen-bond donors (Lipinski definition) is 1. The third-order valence-electron chi connectivity index (χ3n) is 5.67. The van der Waals surface area contributed by atoms with E-state index in [1.807, 2.05) is 26.4 Å². The zero-order valence-electron chi connectivity index (χ0n) is 18.0. The molecule has 1 spiro atoms. The molecule has 0 aromatic carbocycles. The maximum Gasteiger partial charge on any atom is 0.490 e. The third kappa shape index (κ3) is 5.61. The summed E-state index contributed by atoms with van der Waals surface area (Å²) >= 11 is 0. The Kier molecular flexibility index (Phi) is 6.98. The number of alkyl halides is 3. The van der Waals surface area contributed by atoms with Gasteiger partial charge in [-0.3, -0.25) is 9.58 Å². The van der Waals surface area contributed by atoms with Gasteiger partial charge < -0.3 is 9.84 Å². The molecule has 2 aliphatic heterocycles. The van der Waals surface area contributed by atoms with Crippen LogP contribution in [0.5, 0.6) is 6.01 Å². The molecular formula is C19H24F3N5O5S. The second-order valence-corrected chi connectivity index (χ2v) is 10.6. The molecule has 10 nitrogen and oxygen atoms in total. The summed E-state index contributed by atoms with van der Waals surface area (Å²) in [5.74, 6) is -2.55. The molecule has 1 atom stereocenters. The summed E-state index contributed by atoms with van der Waals surface area (Å²) in [7, 11) is -1.24. The van der Waals surface area contributed by atoms with Crippen molar-refractivity contribution in [1.82, 2.24) is 24.6 Å². The molecule has 1 unspecified atom stereocenters. The Balaban J connectivity index is 0.000000383. The van der Waals surface area contributed by atoms with Crippen molar-refractivity contribution in [3.63, 3.8) is 0 Å². The average Bonchev–Trinajstić information content (AvgIpc) is 3.20. The van der Waals surface area contributed by atoms with Gasteiger partial charge in [0, 0.05) is 56.3 Å². The molecule has 1 N–H and O–H groups in total. The van der Waals surface area contributed by atoms with Crippen LogP contribution in [-0.4, -0.2) is 80.5 Å². The molecule has 2 aromatic heterocycles. The van der Waals surface area contributed by atoms with E-state index in [9.17, 15) is 21.6 Å². The number of halogens is 3. The smallest absolute Gasteiger partial charge is 0.475 e. The van der Waals surface area contributed by atoms with E-state index >= 15 is 0 Å². The van der Waals surface area contributed by atoms with Crippen molar-refractivity contribution in [1.29, 1.82) is 0 Å². The topological polar surface area (TPSA) is 128 Å². The van der Waals surface area contributed by atoms with Gasteiger partial charge in [-0.2, -0.15) is 18.3 Å². The fraction of sp³-hybridized carbons (Fsp3) is 0.579. The van der Waals surface area contributed by atoms with Gasteiger partial charge >= 0.3 is 18.2 Å². The fourth-order valence-electron chi connectivity index (χ4n) is 4.01. The first-order chi connectivity index (χ1) is 15.3. The molecule has 14 heteroatoms. The number of carbonyl (C=O) groups is 1. The summed E-state index contributed by atoms with van der Waals surface area (Å²) in [5.41, 5.74) is 1.92. The molecule has 0 aliphatic carbocycles. The van der Waals surface area contributed by atoms with E-state index in [1.165, 1.54) is 0 Å². The lowest BCUT2D eigenvalue weighted by molar-refractivity contribution is -0.192. The summed E-state index contributed by atoms with van der Waals surface area (Å²) in [5, 5.41) is 11.3. The summed E-state index contributed by atoms with van der Waals surface area (Å²) in [6.07, 6.45) is 0.986. The minimum atomic E-state index is -5.08. The lowest BCUT2D eigenvalue weighted by atomic mass is 9.83. The third-order valence-corrected chi connectivity index (χ3v) is 8.28. The van der Waals surface area contributed by atoms with Gasteiger partial charge in [0.1, 0.15) is 4.75 Å². The molecule has 0 amide bonds. The number of likely N-dealkylation sites (tertiary alicyclic amines) is 1. The Morgan fingerprint density at radius 1 is 1.36 bits per heavy atom. The van der Waals surface area contributed by atoms with Crippen molar-refractivity contribution in [3.05, 3.63) is 35.9 Å². The highest BCUT2D eigenvalue weighted by Crippen LogP contribution is 2.45. The molecule has 2 aliphatic rings. The van der Waals surface area contributed by atoms with E-state index < -0.39 is 26.7 Å². The largest absolute Gasteiger partial charge is 0.490 e. The van der Waals surface area contributed by atoms with Gasteiger partial charge in [-0.25, -0.2) is 23.2 Å². The lowest BCUT2D eigenvalue weighted by Crippen LogP contribution is -2.67. The minimum absolute atomic E-state index is 0.0261. The highest BCUT2D eigenvalue weighted by Gasteiger charge is 2.61. The number of nitrogens with zero attached hydrogens (tertiary/aromatic N) is 5. The number of aliphatic carboxylic acids is 1. The van der Waals surface area contributed by atoms with Crippen molar-refractivity contribution in [2.24, 2.45) is 13.0 Å². The van der Waals surface area contributed by atoms with Gasteiger partial charge in [0.25, 0.3) is 0 Å². The van der Waals surface area contributed by atoms with Crippen LogP contribution in [0.1, 0.15) is 17.7 Å². The normalized spacial score (nSPS) is 21.2. The van der Waals surface area contributed by atoms with Gasteiger partial charge in [-0.1, -0.05) is 0 Å². The van der Waals surface area contributed by atoms with Crippen molar-refractivity contribution in [2.45, 2.75) is 30.8 Å². The molecule has 0 saturated carbocycles. The van der Waals surface area contributed by atoms with E-state index in [0.717, 1.165) is 17.8 Å². The number of aromatic nitrogens is 4. The first kappa shape index (κ1) is 24.9. The van der Waals surface area contributed by atoms with Crippen LogP contribution in [0, 0.1) is 12.8 Å². The van der Waals surface area contributed by atoms with Crippen LogP contribution in [0.15, 0.2) is 24.7 Å². The molecule has 2 fully saturated rings. The number of hydrogen-bond acceptors (Lipinski definition) is 8. The summed E-state index contributed by atoms with van der Waals surface area (Å²) in [6.45, 7) is 4.03. The quantitative estimate of drug-likeness (QED) is 0.657. The van der Waals surface area contributed by atoms with Crippen LogP contribution in [0.25, 0.3) is 0 Å². The standard InChI is InChI=1S/C17H23N5O3S.C2HF3O2/c1-13-3-5-18-16(20-13)25-10-15-4-6-26(23,24)17(15)11-22(12-17)9-14-7-19-21(2)8-14;3-2(4,5)1(6)7/h3,5,7-8,15H,4,6,9-12H2,1-2H3;(H,6,7). The van der Waals surface area contributed by atoms with Gasteiger partial charge in [-0.05, 0) is 19.4 Å². The molecule has 182 valence electrons. The maximum atomic E-state index is 12.7. The highest BCUT2D eigenvalue weighted by atomic mass is 32.2. The van der Waals surface area contributed by atoms with Crippen LogP contribution in [-0.2, 0) is 28.2 Å². The Bertz CT molecular complexity index is 1100. The van der Waals surface area contributed by atoms with E-state index in [0.29, 0.717) is 32.1 Å². The van der Waals surface area contributed by atoms with E-state index in [1.54, 1.807) is 16.9 Å². The lowest BCUT2D eigenvalue weighted by Gasteiger charge is -2.49. The second kappa shape index (κ2) is 9.25. The molecule has 33 heavy (non-hydrogen) atoms. The Morgan fingerprint density at radius 2 is 2.03 bits per heavy atom. The Labute approximate surface area is 188 Å². The monoisotopic (exact) mass is 491 g/mol. The summed E-state index contributed by atoms with van der Waals surface area (Å²) < 4.78 is 64.0. The van der Waals surface area contributed by atoms with Crippen LogP contribution in [0.3, 0.4) is 0 Å².